The van der Waals surface area contributed by atoms with Gasteiger partial charge in [-0.05, 0) is 48.4 Å². The highest BCUT2D eigenvalue weighted by Crippen LogP contribution is 2.32. The van der Waals surface area contributed by atoms with Crippen molar-refractivity contribution in [2.24, 2.45) is 13.0 Å². The summed E-state index contributed by atoms with van der Waals surface area (Å²) < 4.78 is 4.26. The predicted octanol–water partition coefficient (Wildman–Crippen LogP) is 4.47. The number of aromatic nitrogens is 4. The van der Waals surface area contributed by atoms with Crippen molar-refractivity contribution >= 4 is 50.1 Å². The average Bonchev–Trinajstić information content (AvgIpc) is 3.57. The number of halogens is 1. The maximum Gasteiger partial charge on any atom is 0.275 e. The fourth-order valence-corrected chi connectivity index (χ4v) is 5.79. The molecule has 1 atom stereocenters. The van der Waals surface area contributed by atoms with Crippen LogP contribution >= 0.6 is 22.9 Å². The molecule has 172 valence electrons. The highest BCUT2D eigenvalue weighted by molar-refractivity contribution is 7.22. The first-order valence-electron chi connectivity index (χ1n) is 11.1. The normalized spacial score (nSPS) is 16.2. The number of hydrogen-bond acceptors (Lipinski definition) is 6. The van der Waals surface area contributed by atoms with E-state index >= 15 is 0 Å². The summed E-state index contributed by atoms with van der Waals surface area (Å²) in [4.78, 5) is 26.0. The lowest BCUT2D eigenvalue weighted by molar-refractivity contribution is 0.238. The fraction of sp³-hybridized carbons (Fsp3) is 0.240. The number of aryl methyl sites for hydroxylation is 1. The largest absolute Gasteiger partial charge is 0.396 e. The molecule has 5 aromatic rings. The topological polar surface area (TPSA) is 76.2 Å². The summed E-state index contributed by atoms with van der Waals surface area (Å²) in [6, 6.07) is 15.4. The first kappa shape index (κ1) is 21.3. The minimum Gasteiger partial charge on any atom is -0.396 e. The van der Waals surface area contributed by atoms with E-state index in [2.05, 4.69) is 14.5 Å². The third-order valence-corrected chi connectivity index (χ3v) is 7.93. The summed E-state index contributed by atoms with van der Waals surface area (Å²) in [6.07, 6.45) is 2.55. The fourth-order valence-electron chi connectivity index (χ4n) is 4.61. The quantitative estimate of drug-likeness (QED) is 0.401. The highest BCUT2D eigenvalue weighted by Gasteiger charge is 2.25. The zero-order valence-corrected chi connectivity index (χ0v) is 20.1. The number of rotatable bonds is 4. The molecule has 0 bridgehead atoms. The Morgan fingerprint density at radius 2 is 1.97 bits per heavy atom. The summed E-state index contributed by atoms with van der Waals surface area (Å²) in [5.41, 5.74) is 4.16. The first-order chi connectivity index (χ1) is 16.5. The number of aliphatic hydroxyl groups excluding tert-OH is 1. The molecule has 1 N–H and O–H groups in total. The lowest BCUT2D eigenvalue weighted by Gasteiger charge is -2.17. The smallest absolute Gasteiger partial charge is 0.275 e. The van der Waals surface area contributed by atoms with Gasteiger partial charge in [-0.15, -0.1) is 11.3 Å². The van der Waals surface area contributed by atoms with Crippen LogP contribution in [0, 0.1) is 5.92 Å². The summed E-state index contributed by atoms with van der Waals surface area (Å²) in [5, 5.41) is 10.2. The molecule has 6 rings (SSSR count). The van der Waals surface area contributed by atoms with Gasteiger partial charge in [0.25, 0.3) is 5.56 Å². The van der Waals surface area contributed by atoms with Crippen molar-refractivity contribution < 1.29 is 5.11 Å². The van der Waals surface area contributed by atoms with Crippen LogP contribution < -0.4 is 10.5 Å². The third kappa shape index (κ3) is 3.50. The van der Waals surface area contributed by atoms with Gasteiger partial charge in [-0.3, -0.25) is 9.36 Å². The van der Waals surface area contributed by atoms with Crippen molar-refractivity contribution in [3.63, 3.8) is 0 Å². The van der Waals surface area contributed by atoms with E-state index in [1.807, 2.05) is 55.6 Å². The van der Waals surface area contributed by atoms with Crippen LogP contribution in [-0.4, -0.2) is 43.9 Å². The Labute approximate surface area is 204 Å². The van der Waals surface area contributed by atoms with Crippen LogP contribution in [-0.2, 0) is 7.05 Å². The molecule has 0 aliphatic carbocycles. The molecular weight excluding hydrogens is 470 g/mol. The van der Waals surface area contributed by atoms with Gasteiger partial charge >= 0.3 is 0 Å². The van der Waals surface area contributed by atoms with Gasteiger partial charge in [0, 0.05) is 42.6 Å². The molecule has 9 heteroatoms. The molecule has 4 heterocycles. The molecule has 1 aliphatic heterocycles. The SMILES string of the molecule is Cn1c(N2CCC(CO)C2)nc2ccc(-n3cnc4cc(-c5ccc(Cl)cc5)sc4c3=O)cc21. The van der Waals surface area contributed by atoms with Gasteiger partial charge < -0.3 is 14.6 Å². The van der Waals surface area contributed by atoms with Crippen LogP contribution in [0.2, 0.25) is 5.02 Å². The van der Waals surface area contributed by atoms with E-state index in [1.54, 1.807) is 10.9 Å². The van der Waals surface area contributed by atoms with Gasteiger partial charge in [-0.25, -0.2) is 9.97 Å². The van der Waals surface area contributed by atoms with Crippen LogP contribution in [0.1, 0.15) is 6.42 Å². The Morgan fingerprint density at radius 3 is 2.74 bits per heavy atom. The summed E-state index contributed by atoms with van der Waals surface area (Å²) in [5.74, 6) is 1.17. The van der Waals surface area contributed by atoms with Gasteiger partial charge in [0.1, 0.15) is 11.0 Å². The number of benzene rings is 2. The Morgan fingerprint density at radius 1 is 1.15 bits per heavy atom. The van der Waals surface area contributed by atoms with Crippen LogP contribution in [0.25, 0.3) is 37.4 Å². The number of aliphatic hydroxyl groups is 1. The van der Waals surface area contributed by atoms with Crippen molar-refractivity contribution in [1.29, 1.82) is 0 Å². The molecule has 0 spiro atoms. The Bertz CT molecular complexity index is 1590. The molecule has 1 saturated heterocycles. The number of anilines is 1. The lowest BCUT2D eigenvalue weighted by Crippen LogP contribution is -2.23. The van der Waals surface area contributed by atoms with Crippen molar-refractivity contribution in [3.8, 4) is 16.1 Å². The summed E-state index contributed by atoms with van der Waals surface area (Å²) in [7, 11) is 1.99. The van der Waals surface area contributed by atoms with Crippen molar-refractivity contribution in [1.82, 2.24) is 19.1 Å². The molecule has 3 aromatic heterocycles. The first-order valence-corrected chi connectivity index (χ1v) is 12.3. The standard InChI is InChI=1S/C25H22ClN5O2S/c1-29-21-10-18(6-7-19(21)28-25(29)30-9-8-15(12-30)13-32)31-14-27-20-11-22(34-23(20)24(31)33)16-2-4-17(26)5-3-16/h2-7,10-11,14-15,32H,8-9,12-13H2,1H3. The number of hydrogen-bond donors (Lipinski definition) is 1. The summed E-state index contributed by atoms with van der Waals surface area (Å²) in [6.45, 7) is 1.88. The second-order valence-corrected chi connectivity index (χ2v) is 10.2. The molecule has 0 radical (unpaired) electrons. The van der Waals surface area contributed by atoms with Gasteiger partial charge in [0.05, 0.1) is 22.2 Å². The van der Waals surface area contributed by atoms with Gasteiger partial charge in [-0.2, -0.15) is 0 Å². The Hall–Kier alpha value is -3.20. The van der Waals surface area contributed by atoms with Crippen molar-refractivity contribution in [2.75, 3.05) is 24.6 Å². The minimum atomic E-state index is -0.0951. The van der Waals surface area contributed by atoms with Gasteiger partial charge in [0.2, 0.25) is 5.95 Å². The summed E-state index contributed by atoms with van der Waals surface area (Å²) >= 11 is 7.45. The zero-order valence-electron chi connectivity index (χ0n) is 18.5. The van der Waals surface area contributed by atoms with Crippen molar-refractivity contribution in [3.05, 3.63) is 70.2 Å². The molecule has 0 saturated carbocycles. The number of thiophene rings is 1. The third-order valence-electron chi connectivity index (χ3n) is 6.51. The number of fused-ring (bicyclic) bond motifs is 2. The highest BCUT2D eigenvalue weighted by atomic mass is 35.5. The van der Waals surface area contributed by atoms with Crippen LogP contribution in [0.5, 0.6) is 0 Å². The molecular formula is C25H22ClN5O2S. The van der Waals surface area contributed by atoms with Crippen LogP contribution in [0.4, 0.5) is 5.95 Å². The number of nitrogens with zero attached hydrogens (tertiary/aromatic N) is 5. The zero-order chi connectivity index (χ0) is 23.4. The van der Waals surface area contributed by atoms with E-state index in [-0.39, 0.29) is 18.1 Å². The lowest BCUT2D eigenvalue weighted by atomic mass is 10.1. The molecule has 1 fully saturated rings. The van der Waals surface area contributed by atoms with E-state index in [0.29, 0.717) is 15.2 Å². The van der Waals surface area contributed by atoms with E-state index < -0.39 is 0 Å². The van der Waals surface area contributed by atoms with E-state index in [1.165, 1.54) is 11.3 Å². The predicted molar refractivity (Wildman–Crippen MR) is 137 cm³/mol. The molecule has 34 heavy (non-hydrogen) atoms. The number of imidazole rings is 1. The molecule has 2 aromatic carbocycles. The van der Waals surface area contributed by atoms with E-state index in [0.717, 1.165) is 52.6 Å². The minimum absolute atomic E-state index is 0.0951. The molecule has 1 aliphatic rings. The second kappa shape index (κ2) is 8.23. The monoisotopic (exact) mass is 491 g/mol. The molecule has 7 nitrogen and oxygen atoms in total. The second-order valence-electron chi connectivity index (χ2n) is 8.68. The Balaban J connectivity index is 1.40. The van der Waals surface area contributed by atoms with Crippen LogP contribution in [0.3, 0.4) is 0 Å². The maximum absolute atomic E-state index is 13.4. The Kier molecular flexibility index (Phi) is 5.17. The van der Waals surface area contributed by atoms with Crippen molar-refractivity contribution in [2.45, 2.75) is 6.42 Å². The molecule has 0 amide bonds. The maximum atomic E-state index is 13.4. The van der Waals surface area contributed by atoms with Gasteiger partial charge in [-0.1, -0.05) is 23.7 Å². The average molecular weight is 492 g/mol. The van der Waals surface area contributed by atoms with E-state index in [9.17, 15) is 9.90 Å². The van der Waals surface area contributed by atoms with Crippen LogP contribution in [0.15, 0.2) is 59.7 Å². The molecule has 1 unspecified atom stereocenters. The van der Waals surface area contributed by atoms with E-state index in [4.69, 9.17) is 16.6 Å². The van der Waals surface area contributed by atoms with Gasteiger partial charge in [0.15, 0.2) is 0 Å².